The number of aliphatic carboxylic acids is 1. The van der Waals surface area contributed by atoms with E-state index in [2.05, 4.69) is 20.9 Å². The molecule has 0 aliphatic carbocycles. The summed E-state index contributed by atoms with van der Waals surface area (Å²) in [7, 11) is 0. The van der Waals surface area contributed by atoms with Crippen molar-refractivity contribution in [1.29, 1.82) is 0 Å². The quantitative estimate of drug-likeness (QED) is 0.805. The number of carboxylic acids is 1. The normalized spacial score (nSPS) is 11.0. The lowest BCUT2D eigenvalue weighted by molar-refractivity contribution is -0.145. The van der Waals surface area contributed by atoms with Gasteiger partial charge in [-0.2, -0.15) is 0 Å². The Balaban J connectivity index is 2.18. The van der Waals surface area contributed by atoms with Crippen LogP contribution in [0.25, 0.3) is 10.9 Å². The van der Waals surface area contributed by atoms with Crippen molar-refractivity contribution < 1.29 is 14.7 Å². The number of aryl methyl sites for hydroxylation is 1. The number of fused-ring (bicyclic) bond motifs is 1. The molecule has 0 radical (unpaired) electrons. The second kappa shape index (κ2) is 7.57. The van der Waals surface area contributed by atoms with Crippen molar-refractivity contribution in [2.45, 2.75) is 32.9 Å². The number of carboxylic acid groups (broad SMARTS) is 1. The summed E-state index contributed by atoms with van der Waals surface area (Å²) in [6, 6.07) is 5.00. The third-order valence-corrected chi connectivity index (χ3v) is 4.10. The highest BCUT2D eigenvalue weighted by Gasteiger charge is 2.19. The molecule has 2 aromatic rings. The van der Waals surface area contributed by atoms with Crippen LogP contribution in [0.3, 0.4) is 0 Å². The smallest absolute Gasteiger partial charge is 0.323 e. The third kappa shape index (κ3) is 4.19. The van der Waals surface area contributed by atoms with Gasteiger partial charge in [-0.3, -0.25) is 19.0 Å². The molecule has 1 heterocycles. The first-order chi connectivity index (χ1) is 11.3. The Morgan fingerprint density at radius 1 is 1.38 bits per heavy atom. The van der Waals surface area contributed by atoms with Gasteiger partial charge >= 0.3 is 5.97 Å². The van der Waals surface area contributed by atoms with Crippen LogP contribution in [0.2, 0.25) is 0 Å². The summed E-state index contributed by atoms with van der Waals surface area (Å²) in [4.78, 5) is 41.1. The number of halogens is 1. The maximum atomic E-state index is 12.5. The molecular weight excluding hydrogens is 378 g/mol. The fraction of sp³-hybridized carbons (Fsp3) is 0.375. The molecule has 8 heteroatoms. The second-order valence-electron chi connectivity index (χ2n) is 5.66. The van der Waals surface area contributed by atoms with E-state index in [0.717, 1.165) is 4.47 Å². The Morgan fingerprint density at radius 2 is 2.08 bits per heavy atom. The number of hydrogen-bond acceptors (Lipinski definition) is 4. The summed E-state index contributed by atoms with van der Waals surface area (Å²) in [5, 5.41) is 9.36. The van der Waals surface area contributed by atoms with Gasteiger partial charge in [0.1, 0.15) is 6.54 Å². The van der Waals surface area contributed by atoms with Crippen molar-refractivity contribution in [2.24, 2.45) is 0 Å². The van der Waals surface area contributed by atoms with E-state index >= 15 is 0 Å². The minimum absolute atomic E-state index is 0.0343. The van der Waals surface area contributed by atoms with Gasteiger partial charge in [0.2, 0.25) is 5.91 Å². The zero-order chi connectivity index (χ0) is 17.9. The average molecular weight is 396 g/mol. The molecule has 0 aliphatic heterocycles. The van der Waals surface area contributed by atoms with E-state index < -0.39 is 5.97 Å². The number of hydrogen-bond donors (Lipinski definition) is 1. The van der Waals surface area contributed by atoms with Crippen LogP contribution in [0, 0.1) is 0 Å². The first kappa shape index (κ1) is 18.1. The molecule has 0 atom stereocenters. The minimum atomic E-state index is -1.06. The van der Waals surface area contributed by atoms with E-state index in [9.17, 15) is 14.4 Å². The van der Waals surface area contributed by atoms with Gasteiger partial charge in [0.05, 0.1) is 17.2 Å². The van der Waals surface area contributed by atoms with Gasteiger partial charge in [0, 0.05) is 23.5 Å². The number of carbonyl (C=O) groups is 2. The molecule has 7 nitrogen and oxygen atoms in total. The fourth-order valence-corrected chi connectivity index (χ4v) is 2.72. The SMILES string of the molecule is CC(C)N(CC(=O)O)C(=O)CCn1cnc2ccc(Br)cc2c1=O. The monoisotopic (exact) mass is 395 g/mol. The highest BCUT2D eigenvalue weighted by atomic mass is 79.9. The lowest BCUT2D eigenvalue weighted by atomic mass is 10.2. The molecule has 0 fully saturated rings. The summed E-state index contributed by atoms with van der Waals surface area (Å²) in [5.74, 6) is -1.37. The highest BCUT2D eigenvalue weighted by Crippen LogP contribution is 2.15. The van der Waals surface area contributed by atoms with Gasteiger partial charge in [0.15, 0.2) is 0 Å². The van der Waals surface area contributed by atoms with Crippen LogP contribution >= 0.6 is 15.9 Å². The van der Waals surface area contributed by atoms with Crippen LogP contribution in [0.1, 0.15) is 20.3 Å². The molecule has 2 rings (SSSR count). The highest BCUT2D eigenvalue weighted by molar-refractivity contribution is 9.10. The van der Waals surface area contributed by atoms with Crippen LogP contribution in [0.15, 0.2) is 33.8 Å². The molecule has 24 heavy (non-hydrogen) atoms. The van der Waals surface area contributed by atoms with Gasteiger partial charge in [-0.1, -0.05) is 15.9 Å². The van der Waals surface area contributed by atoms with Crippen molar-refractivity contribution in [3.8, 4) is 0 Å². The van der Waals surface area contributed by atoms with E-state index in [1.165, 1.54) is 15.8 Å². The van der Waals surface area contributed by atoms with E-state index in [4.69, 9.17) is 5.11 Å². The Morgan fingerprint density at radius 3 is 2.71 bits per heavy atom. The molecule has 1 amide bonds. The van der Waals surface area contributed by atoms with Crippen LogP contribution in [-0.2, 0) is 16.1 Å². The molecule has 128 valence electrons. The molecule has 0 saturated heterocycles. The van der Waals surface area contributed by atoms with E-state index in [1.54, 1.807) is 32.0 Å². The molecule has 0 aliphatic rings. The Kier molecular flexibility index (Phi) is 5.71. The number of nitrogens with zero attached hydrogens (tertiary/aromatic N) is 3. The maximum Gasteiger partial charge on any atom is 0.323 e. The Hall–Kier alpha value is -2.22. The van der Waals surface area contributed by atoms with Crippen LogP contribution in [0.4, 0.5) is 0 Å². The summed E-state index contributed by atoms with van der Waals surface area (Å²) in [6.45, 7) is 3.30. The van der Waals surface area contributed by atoms with Gasteiger partial charge in [-0.15, -0.1) is 0 Å². The topological polar surface area (TPSA) is 92.5 Å². The first-order valence-electron chi connectivity index (χ1n) is 7.45. The maximum absolute atomic E-state index is 12.5. The summed E-state index contributed by atoms with van der Waals surface area (Å²) >= 11 is 3.32. The summed E-state index contributed by atoms with van der Waals surface area (Å²) < 4.78 is 2.14. The zero-order valence-corrected chi connectivity index (χ0v) is 15.0. The molecule has 0 bridgehead atoms. The standard InChI is InChI=1S/C16H18BrN3O4/c1-10(2)20(8-15(22)23)14(21)5-6-19-9-18-13-4-3-11(17)7-12(13)16(19)24/h3-4,7,9-10H,5-6,8H2,1-2H3,(H,22,23). The lowest BCUT2D eigenvalue weighted by Gasteiger charge is -2.25. The van der Waals surface area contributed by atoms with Gasteiger partial charge in [-0.25, -0.2) is 4.98 Å². The molecule has 0 spiro atoms. The number of benzene rings is 1. The predicted molar refractivity (Wildman–Crippen MR) is 92.8 cm³/mol. The third-order valence-electron chi connectivity index (χ3n) is 3.60. The first-order valence-corrected chi connectivity index (χ1v) is 8.25. The lowest BCUT2D eigenvalue weighted by Crippen LogP contribution is -2.41. The molecule has 0 unspecified atom stereocenters. The average Bonchev–Trinajstić information content (AvgIpc) is 2.51. The van der Waals surface area contributed by atoms with Crippen molar-refractivity contribution >= 4 is 38.7 Å². The molecular formula is C16H18BrN3O4. The van der Waals surface area contributed by atoms with Crippen molar-refractivity contribution in [3.05, 3.63) is 39.4 Å². The zero-order valence-electron chi connectivity index (χ0n) is 13.4. The van der Waals surface area contributed by atoms with Crippen LogP contribution in [-0.4, -0.2) is 44.0 Å². The minimum Gasteiger partial charge on any atom is -0.480 e. The number of amides is 1. The number of aromatic nitrogens is 2. The van der Waals surface area contributed by atoms with Crippen LogP contribution in [0.5, 0.6) is 0 Å². The predicted octanol–water partition coefficient (Wildman–Crippen LogP) is 1.87. The van der Waals surface area contributed by atoms with Crippen molar-refractivity contribution in [1.82, 2.24) is 14.5 Å². The summed E-state index contributed by atoms with van der Waals surface area (Å²) in [6.07, 6.45) is 1.44. The Bertz CT molecular complexity index is 832. The van der Waals surface area contributed by atoms with Gasteiger partial charge in [0.25, 0.3) is 5.56 Å². The molecule has 1 aromatic heterocycles. The molecule has 1 N–H and O–H groups in total. The van der Waals surface area contributed by atoms with Crippen LogP contribution < -0.4 is 5.56 Å². The van der Waals surface area contributed by atoms with E-state index in [0.29, 0.717) is 10.9 Å². The van der Waals surface area contributed by atoms with Gasteiger partial charge < -0.3 is 10.0 Å². The van der Waals surface area contributed by atoms with Crippen molar-refractivity contribution in [3.63, 3.8) is 0 Å². The second-order valence-corrected chi connectivity index (χ2v) is 6.58. The largest absolute Gasteiger partial charge is 0.480 e. The van der Waals surface area contributed by atoms with Crippen molar-refractivity contribution in [2.75, 3.05) is 6.54 Å². The number of carbonyl (C=O) groups excluding carboxylic acids is 1. The number of rotatable bonds is 6. The van der Waals surface area contributed by atoms with E-state index in [1.807, 2.05) is 0 Å². The Labute approximate surface area is 147 Å². The van der Waals surface area contributed by atoms with E-state index in [-0.39, 0.29) is 37.0 Å². The molecule has 1 aromatic carbocycles. The molecule has 0 saturated carbocycles. The summed E-state index contributed by atoms with van der Waals surface area (Å²) in [5.41, 5.74) is 0.351. The fourth-order valence-electron chi connectivity index (χ4n) is 2.35. The van der Waals surface area contributed by atoms with Gasteiger partial charge in [-0.05, 0) is 32.0 Å².